The molecular formula is C8H17P. The average Bonchev–Trinajstić information content (AvgIpc) is 1.90. The number of rotatable bonds is 1. The maximum Gasteiger partial charge on any atom is -0.0264 e. The molecule has 1 rings (SSSR count). The minimum Gasteiger partial charge on any atom is -0.134 e. The van der Waals surface area contributed by atoms with Crippen LogP contribution in [0.3, 0.4) is 0 Å². The lowest BCUT2D eigenvalue weighted by atomic mass is 9.87. The van der Waals surface area contributed by atoms with Gasteiger partial charge >= 0.3 is 0 Å². The molecule has 9 heavy (non-hydrogen) atoms. The van der Waals surface area contributed by atoms with Crippen LogP contribution in [0.2, 0.25) is 0 Å². The van der Waals surface area contributed by atoms with E-state index in [1.165, 1.54) is 32.1 Å². The van der Waals surface area contributed by atoms with Crippen molar-refractivity contribution in [2.24, 2.45) is 5.92 Å². The third kappa shape index (κ3) is 2.26. The third-order valence-electron chi connectivity index (χ3n) is 2.47. The van der Waals surface area contributed by atoms with Gasteiger partial charge in [-0.25, -0.2) is 0 Å². The van der Waals surface area contributed by atoms with Crippen LogP contribution in [-0.2, 0) is 0 Å². The van der Waals surface area contributed by atoms with E-state index in [0.29, 0.717) is 0 Å². The quantitative estimate of drug-likeness (QED) is 0.496. The fourth-order valence-corrected chi connectivity index (χ4v) is 1.98. The first-order valence-corrected chi connectivity index (χ1v) is 4.75. The molecule has 0 bridgehead atoms. The Morgan fingerprint density at radius 1 is 1.22 bits per heavy atom. The monoisotopic (exact) mass is 144 g/mol. The topological polar surface area (TPSA) is 0 Å². The second-order valence-electron chi connectivity index (χ2n) is 3.19. The van der Waals surface area contributed by atoms with E-state index in [9.17, 15) is 0 Å². The van der Waals surface area contributed by atoms with E-state index < -0.39 is 0 Å². The minimum absolute atomic E-state index is 0.938. The van der Waals surface area contributed by atoms with Crippen LogP contribution in [0.15, 0.2) is 0 Å². The van der Waals surface area contributed by atoms with Gasteiger partial charge in [-0.05, 0) is 37.3 Å². The Bertz CT molecular complexity index is 72.6. The second kappa shape index (κ2) is 3.56. The summed E-state index contributed by atoms with van der Waals surface area (Å²) in [6, 6.07) is 0. The standard InChI is InChI=1S/C8H17P/c1-2-7-3-5-8(9)6-4-7/h7-8H,2-6,9H2,1H3. The fraction of sp³-hybridized carbons (Fsp3) is 1.00. The Labute approximate surface area is 60.6 Å². The van der Waals surface area contributed by atoms with Gasteiger partial charge in [-0.3, -0.25) is 0 Å². The van der Waals surface area contributed by atoms with Crippen molar-refractivity contribution in [2.75, 3.05) is 0 Å². The van der Waals surface area contributed by atoms with Crippen LogP contribution in [-0.4, -0.2) is 5.66 Å². The molecule has 0 N–H and O–H groups in total. The van der Waals surface area contributed by atoms with E-state index in [0.717, 1.165) is 11.6 Å². The van der Waals surface area contributed by atoms with E-state index in [2.05, 4.69) is 16.2 Å². The smallest absolute Gasteiger partial charge is 0.0264 e. The zero-order valence-corrected chi connectivity index (χ0v) is 7.42. The Morgan fingerprint density at radius 3 is 2.22 bits per heavy atom. The molecule has 0 spiro atoms. The van der Waals surface area contributed by atoms with Crippen molar-refractivity contribution in [1.29, 1.82) is 0 Å². The second-order valence-corrected chi connectivity index (χ2v) is 4.13. The summed E-state index contributed by atoms with van der Waals surface area (Å²) in [7, 11) is 2.94. The molecule has 54 valence electrons. The van der Waals surface area contributed by atoms with Gasteiger partial charge in [0.25, 0.3) is 0 Å². The molecule has 0 amide bonds. The number of hydrogen-bond donors (Lipinski definition) is 0. The summed E-state index contributed by atoms with van der Waals surface area (Å²) >= 11 is 0. The third-order valence-corrected chi connectivity index (χ3v) is 3.14. The molecule has 0 nitrogen and oxygen atoms in total. The van der Waals surface area contributed by atoms with E-state index in [1.807, 2.05) is 0 Å². The molecule has 1 aliphatic rings. The van der Waals surface area contributed by atoms with Crippen LogP contribution in [0.25, 0.3) is 0 Å². The highest BCUT2D eigenvalue weighted by molar-refractivity contribution is 7.17. The van der Waals surface area contributed by atoms with Crippen molar-refractivity contribution in [2.45, 2.75) is 44.7 Å². The first kappa shape index (κ1) is 7.54. The summed E-state index contributed by atoms with van der Waals surface area (Å²) in [6.07, 6.45) is 7.25. The summed E-state index contributed by atoms with van der Waals surface area (Å²) < 4.78 is 0. The zero-order chi connectivity index (χ0) is 6.69. The average molecular weight is 144 g/mol. The van der Waals surface area contributed by atoms with Crippen molar-refractivity contribution >= 4 is 9.24 Å². The molecule has 0 saturated heterocycles. The summed E-state index contributed by atoms with van der Waals surface area (Å²) in [6.45, 7) is 2.31. The molecular weight excluding hydrogens is 127 g/mol. The molecule has 0 heterocycles. The van der Waals surface area contributed by atoms with Crippen LogP contribution in [0, 0.1) is 5.92 Å². The molecule has 0 aromatic rings. The lowest BCUT2D eigenvalue weighted by molar-refractivity contribution is 0.356. The highest BCUT2D eigenvalue weighted by atomic mass is 31.0. The molecule has 1 atom stereocenters. The lowest BCUT2D eigenvalue weighted by Crippen LogP contribution is -2.12. The van der Waals surface area contributed by atoms with Gasteiger partial charge in [0.1, 0.15) is 0 Å². The molecule has 1 saturated carbocycles. The van der Waals surface area contributed by atoms with Crippen molar-refractivity contribution in [1.82, 2.24) is 0 Å². The van der Waals surface area contributed by atoms with Gasteiger partial charge in [-0.1, -0.05) is 13.3 Å². The summed E-state index contributed by atoms with van der Waals surface area (Å²) in [5.41, 5.74) is 0.938. The predicted molar refractivity (Wildman–Crippen MR) is 45.7 cm³/mol. The largest absolute Gasteiger partial charge is 0.134 e. The highest BCUT2D eigenvalue weighted by Crippen LogP contribution is 2.30. The van der Waals surface area contributed by atoms with Gasteiger partial charge in [0.15, 0.2) is 0 Å². The molecule has 0 radical (unpaired) electrons. The summed E-state index contributed by atoms with van der Waals surface area (Å²) in [5.74, 6) is 1.06. The van der Waals surface area contributed by atoms with Crippen LogP contribution in [0.1, 0.15) is 39.0 Å². The molecule has 0 aliphatic heterocycles. The van der Waals surface area contributed by atoms with Gasteiger partial charge < -0.3 is 0 Å². The van der Waals surface area contributed by atoms with Gasteiger partial charge in [0.05, 0.1) is 0 Å². The SMILES string of the molecule is CCC1CCC(P)CC1. The van der Waals surface area contributed by atoms with Crippen LogP contribution in [0.4, 0.5) is 0 Å². The van der Waals surface area contributed by atoms with E-state index in [4.69, 9.17) is 0 Å². The minimum atomic E-state index is 0.938. The molecule has 1 aliphatic carbocycles. The van der Waals surface area contributed by atoms with Gasteiger partial charge in [0.2, 0.25) is 0 Å². The first-order valence-electron chi connectivity index (χ1n) is 4.08. The fourth-order valence-electron chi connectivity index (χ4n) is 1.60. The van der Waals surface area contributed by atoms with Crippen LogP contribution < -0.4 is 0 Å². The Balaban J connectivity index is 2.18. The Kier molecular flexibility index (Phi) is 2.98. The van der Waals surface area contributed by atoms with Gasteiger partial charge in [-0.15, -0.1) is 9.24 Å². The van der Waals surface area contributed by atoms with E-state index >= 15 is 0 Å². The van der Waals surface area contributed by atoms with Crippen molar-refractivity contribution in [3.8, 4) is 0 Å². The summed E-state index contributed by atoms with van der Waals surface area (Å²) in [4.78, 5) is 0. The lowest BCUT2D eigenvalue weighted by Gasteiger charge is -2.24. The molecule has 0 aromatic heterocycles. The normalized spacial score (nSPS) is 36.7. The van der Waals surface area contributed by atoms with Crippen molar-refractivity contribution in [3.05, 3.63) is 0 Å². The summed E-state index contributed by atoms with van der Waals surface area (Å²) in [5, 5.41) is 0. The van der Waals surface area contributed by atoms with Crippen LogP contribution in [0.5, 0.6) is 0 Å². The zero-order valence-electron chi connectivity index (χ0n) is 6.27. The molecule has 0 aromatic carbocycles. The Hall–Kier alpha value is 0.430. The predicted octanol–water partition coefficient (Wildman–Crippen LogP) is 2.83. The number of hydrogen-bond acceptors (Lipinski definition) is 0. The van der Waals surface area contributed by atoms with Crippen LogP contribution >= 0.6 is 9.24 Å². The molecule has 1 unspecified atom stereocenters. The van der Waals surface area contributed by atoms with Gasteiger partial charge in [-0.2, -0.15) is 0 Å². The highest BCUT2D eigenvalue weighted by Gasteiger charge is 2.15. The maximum absolute atomic E-state index is 2.94. The first-order chi connectivity index (χ1) is 4.33. The molecule has 1 fully saturated rings. The van der Waals surface area contributed by atoms with Crippen molar-refractivity contribution < 1.29 is 0 Å². The van der Waals surface area contributed by atoms with E-state index in [1.54, 1.807) is 0 Å². The van der Waals surface area contributed by atoms with Crippen molar-refractivity contribution in [3.63, 3.8) is 0 Å². The Morgan fingerprint density at radius 2 is 1.78 bits per heavy atom. The molecule has 1 heteroatoms. The van der Waals surface area contributed by atoms with Gasteiger partial charge in [0, 0.05) is 0 Å². The maximum atomic E-state index is 2.94. The van der Waals surface area contributed by atoms with E-state index in [-0.39, 0.29) is 0 Å².